The maximum atomic E-state index is 11.9. The zero-order valence-corrected chi connectivity index (χ0v) is 11.2. The summed E-state index contributed by atoms with van der Waals surface area (Å²) in [6.45, 7) is 8.06. The Bertz CT molecular complexity index is 264. The Morgan fingerprint density at radius 2 is 1.82 bits per heavy atom. The van der Waals surface area contributed by atoms with Crippen LogP contribution in [0.3, 0.4) is 0 Å². The van der Waals surface area contributed by atoms with E-state index in [2.05, 4.69) is 12.2 Å². The molecule has 2 N–H and O–H groups in total. The smallest absolute Gasteiger partial charge is 0.323 e. The van der Waals surface area contributed by atoms with Gasteiger partial charge in [0.1, 0.15) is 6.54 Å². The molecule has 0 unspecified atom stereocenters. The van der Waals surface area contributed by atoms with Crippen LogP contribution in [0.15, 0.2) is 0 Å². The van der Waals surface area contributed by atoms with E-state index in [1.165, 1.54) is 4.90 Å². The van der Waals surface area contributed by atoms with Crippen molar-refractivity contribution >= 4 is 12.0 Å². The monoisotopic (exact) mass is 244 g/mol. The molecule has 0 saturated heterocycles. The molecule has 0 radical (unpaired) electrons. The lowest BCUT2D eigenvalue weighted by molar-refractivity contribution is -0.137. The van der Waals surface area contributed by atoms with Crippen molar-refractivity contribution in [1.82, 2.24) is 10.2 Å². The molecule has 100 valence electrons. The van der Waals surface area contributed by atoms with Crippen molar-refractivity contribution in [2.24, 2.45) is 0 Å². The predicted molar refractivity (Wildman–Crippen MR) is 67.0 cm³/mol. The van der Waals surface area contributed by atoms with Gasteiger partial charge >= 0.3 is 12.0 Å². The third-order valence-corrected chi connectivity index (χ3v) is 2.43. The quantitative estimate of drug-likeness (QED) is 0.720. The fourth-order valence-electron chi connectivity index (χ4n) is 1.74. The first kappa shape index (κ1) is 15.7. The zero-order valence-electron chi connectivity index (χ0n) is 11.2. The van der Waals surface area contributed by atoms with E-state index in [-0.39, 0.29) is 18.1 Å². The van der Waals surface area contributed by atoms with Gasteiger partial charge in [0.2, 0.25) is 0 Å². The molecule has 0 spiro atoms. The number of carbonyl (C=O) groups excluding carboxylic acids is 1. The van der Waals surface area contributed by atoms with E-state index in [1.54, 1.807) is 0 Å². The highest BCUT2D eigenvalue weighted by atomic mass is 16.4. The maximum Gasteiger partial charge on any atom is 0.323 e. The fourth-order valence-corrected chi connectivity index (χ4v) is 1.74. The molecule has 0 heterocycles. The number of nitrogens with one attached hydrogen (secondary N) is 1. The number of aliphatic carboxylic acids is 1. The maximum absolute atomic E-state index is 11.9. The van der Waals surface area contributed by atoms with Gasteiger partial charge in [0.05, 0.1) is 0 Å². The van der Waals surface area contributed by atoms with Crippen molar-refractivity contribution in [3.63, 3.8) is 0 Å². The SMILES string of the molecule is CCCN(CC(=O)O)C(=O)NC(C)(C)CCC. The molecular weight excluding hydrogens is 220 g/mol. The third kappa shape index (κ3) is 6.81. The van der Waals surface area contributed by atoms with Gasteiger partial charge in [0.25, 0.3) is 0 Å². The van der Waals surface area contributed by atoms with Crippen LogP contribution in [0.5, 0.6) is 0 Å². The first-order valence-electron chi connectivity index (χ1n) is 6.11. The molecule has 0 saturated carbocycles. The first-order valence-corrected chi connectivity index (χ1v) is 6.11. The number of amides is 2. The van der Waals surface area contributed by atoms with E-state index in [1.807, 2.05) is 20.8 Å². The lowest BCUT2D eigenvalue weighted by atomic mass is 9.99. The molecule has 5 heteroatoms. The zero-order chi connectivity index (χ0) is 13.5. The summed E-state index contributed by atoms with van der Waals surface area (Å²) < 4.78 is 0. The topological polar surface area (TPSA) is 69.6 Å². The van der Waals surface area contributed by atoms with Crippen LogP contribution in [0.25, 0.3) is 0 Å². The average Bonchev–Trinajstić information content (AvgIpc) is 2.15. The number of carboxylic acid groups (broad SMARTS) is 1. The van der Waals surface area contributed by atoms with E-state index < -0.39 is 5.97 Å². The summed E-state index contributed by atoms with van der Waals surface area (Å²) in [7, 11) is 0. The van der Waals surface area contributed by atoms with Crippen LogP contribution in [0.1, 0.15) is 47.0 Å². The summed E-state index contributed by atoms with van der Waals surface area (Å²) in [6.07, 6.45) is 2.58. The highest BCUT2D eigenvalue weighted by Crippen LogP contribution is 2.11. The average molecular weight is 244 g/mol. The van der Waals surface area contributed by atoms with Gasteiger partial charge in [-0.25, -0.2) is 4.79 Å². The number of nitrogens with zero attached hydrogens (tertiary/aromatic N) is 1. The molecule has 17 heavy (non-hydrogen) atoms. The van der Waals surface area contributed by atoms with Gasteiger partial charge in [-0.3, -0.25) is 4.79 Å². The number of hydrogen-bond acceptors (Lipinski definition) is 2. The van der Waals surface area contributed by atoms with Crippen LogP contribution in [-0.2, 0) is 4.79 Å². The van der Waals surface area contributed by atoms with Gasteiger partial charge in [0.15, 0.2) is 0 Å². The molecule has 0 bridgehead atoms. The molecule has 5 nitrogen and oxygen atoms in total. The van der Waals surface area contributed by atoms with Gasteiger partial charge in [-0.1, -0.05) is 20.3 Å². The summed E-state index contributed by atoms with van der Waals surface area (Å²) in [4.78, 5) is 23.9. The molecule has 0 aromatic heterocycles. The Balaban J connectivity index is 4.45. The molecule has 0 aliphatic carbocycles. The minimum Gasteiger partial charge on any atom is -0.480 e. The third-order valence-electron chi connectivity index (χ3n) is 2.43. The Kier molecular flexibility index (Phi) is 6.61. The van der Waals surface area contributed by atoms with Gasteiger partial charge in [0, 0.05) is 12.1 Å². The first-order chi connectivity index (χ1) is 7.82. The molecule has 0 atom stereocenters. The predicted octanol–water partition coefficient (Wildman–Crippen LogP) is 2.07. The van der Waals surface area contributed by atoms with Crippen molar-refractivity contribution in [2.45, 2.75) is 52.5 Å². The lowest BCUT2D eigenvalue weighted by Gasteiger charge is -2.30. The number of urea groups is 1. The second kappa shape index (κ2) is 7.14. The van der Waals surface area contributed by atoms with Crippen LogP contribution >= 0.6 is 0 Å². The van der Waals surface area contributed by atoms with E-state index in [9.17, 15) is 9.59 Å². The fraction of sp³-hybridized carbons (Fsp3) is 0.833. The van der Waals surface area contributed by atoms with Gasteiger partial charge in [-0.15, -0.1) is 0 Å². The minimum atomic E-state index is -0.984. The van der Waals surface area contributed by atoms with Crippen molar-refractivity contribution in [2.75, 3.05) is 13.1 Å². The molecule has 0 rings (SSSR count). The molecule has 0 fully saturated rings. The molecule has 0 aliphatic heterocycles. The number of carboxylic acids is 1. The van der Waals surface area contributed by atoms with E-state index in [0.717, 1.165) is 19.3 Å². The lowest BCUT2D eigenvalue weighted by Crippen LogP contribution is -2.51. The highest BCUT2D eigenvalue weighted by Gasteiger charge is 2.23. The van der Waals surface area contributed by atoms with Crippen LogP contribution in [0.4, 0.5) is 4.79 Å². The van der Waals surface area contributed by atoms with E-state index >= 15 is 0 Å². The summed E-state index contributed by atoms with van der Waals surface area (Å²) in [5.74, 6) is -0.984. The standard InChI is InChI=1S/C12H24N2O3/c1-5-7-12(3,4)13-11(17)14(8-6-2)9-10(15)16/h5-9H2,1-4H3,(H,13,17)(H,15,16). The molecule has 0 aliphatic rings. The summed E-state index contributed by atoms with van der Waals surface area (Å²) >= 11 is 0. The van der Waals surface area contributed by atoms with Crippen LogP contribution < -0.4 is 5.32 Å². The van der Waals surface area contributed by atoms with Crippen molar-refractivity contribution < 1.29 is 14.7 Å². The number of carbonyl (C=O) groups is 2. The largest absolute Gasteiger partial charge is 0.480 e. The molecular formula is C12H24N2O3. The Hall–Kier alpha value is -1.26. The van der Waals surface area contributed by atoms with Crippen molar-refractivity contribution in [3.8, 4) is 0 Å². The van der Waals surface area contributed by atoms with Crippen LogP contribution in [0.2, 0.25) is 0 Å². The Morgan fingerprint density at radius 1 is 1.24 bits per heavy atom. The van der Waals surface area contributed by atoms with Crippen LogP contribution in [-0.4, -0.2) is 40.6 Å². The summed E-state index contributed by atoms with van der Waals surface area (Å²) in [5, 5.41) is 11.6. The second-order valence-corrected chi connectivity index (χ2v) is 4.88. The number of rotatable bonds is 7. The van der Waals surface area contributed by atoms with Gasteiger partial charge < -0.3 is 15.3 Å². The van der Waals surface area contributed by atoms with E-state index in [4.69, 9.17) is 5.11 Å². The van der Waals surface area contributed by atoms with Crippen molar-refractivity contribution in [3.05, 3.63) is 0 Å². The summed E-state index contributed by atoms with van der Waals surface area (Å²) in [5.41, 5.74) is -0.295. The van der Waals surface area contributed by atoms with Gasteiger partial charge in [-0.2, -0.15) is 0 Å². The highest BCUT2D eigenvalue weighted by molar-refractivity contribution is 5.80. The Morgan fingerprint density at radius 3 is 2.24 bits per heavy atom. The molecule has 0 aromatic carbocycles. The normalized spacial score (nSPS) is 11.1. The summed E-state index contributed by atoms with van der Waals surface area (Å²) in [6, 6.07) is -0.298. The van der Waals surface area contributed by atoms with E-state index in [0.29, 0.717) is 6.54 Å². The van der Waals surface area contributed by atoms with Crippen LogP contribution in [0, 0.1) is 0 Å². The Labute approximate surface area is 103 Å². The number of hydrogen-bond donors (Lipinski definition) is 2. The molecule has 2 amide bonds. The minimum absolute atomic E-state index is 0.248. The van der Waals surface area contributed by atoms with Crippen molar-refractivity contribution in [1.29, 1.82) is 0 Å². The van der Waals surface area contributed by atoms with Gasteiger partial charge in [-0.05, 0) is 26.7 Å². The second-order valence-electron chi connectivity index (χ2n) is 4.88. The molecule has 0 aromatic rings.